The van der Waals surface area contributed by atoms with E-state index < -0.39 is 0 Å². The minimum absolute atomic E-state index is 0.160. The van der Waals surface area contributed by atoms with E-state index in [1.807, 2.05) is 24.3 Å². The number of hydrogen-bond donors (Lipinski definition) is 0. The second kappa shape index (κ2) is 3.58. The van der Waals surface area contributed by atoms with Crippen molar-refractivity contribution in [3.05, 3.63) is 42.5 Å². The normalized spacial score (nSPS) is 14.6. The van der Waals surface area contributed by atoms with E-state index in [0.29, 0.717) is 12.8 Å². The van der Waals surface area contributed by atoms with Crippen LogP contribution >= 0.6 is 0 Å². The third-order valence-corrected chi connectivity index (χ3v) is 2.23. The molecule has 0 saturated carbocycles. The summed E-state index contributed by atoms with van der Waals surface area (Å²) in [6.07, 6.45) is 2.91. The molecule has 1 aromatic carbocycles. The number of ketones is 1. The second-order valence-corrected chi connectivity index (χ2v) is 3.29. The number of aliphatic imine (C=N–C) groups is 1. The summed E-state index contributed by atoms with van der Waals surface area (Å²) in [4.78, 5) is 16.1. The molecule has 0 radical (unpaired) electrons. The van der Waals surface area contributed by atoms with Crippen LogP contribution in [0.2, 0.25) is 0 Å². The zero-order valence-electron chi connectivity index (χ0n) is 7.86. The van der Waals surface area contributed by atoms with Crippen molar-refractivity contribution in [3.8, 4) is 0 Å². The predicted molar refractivity (Wildman–Crippen MR) is 57.3 cm³/mol. The maximum absolute atomic E-state index is 11.7. The maximum atomic E-state index is 11.7. The standard InChI is InChI=1S/C12H11NO/c1-2-5-9-8-12(14)10-6-3-4-7-11(10)13-9/h2-4,6-7H,1,5,8H2. The highest BCUT2D eigenvalue weighted by Crippen LogP contribution is 2.25. The Hall–Kier alpha value is -1.70. The molecule has 0 fully saturated rings. The molecule has 1 aliphatic rings. The number of carbonyl (C=O) groups is 1. The van der Waals surface area contributed by atoms with Crippen molar-refractivity contribution in [1.82, 2.24) is 0 Å². The fraction of sp³-hybridized carbons (Fsp3) is 0.167. The lowest BCUT2D eigenvalue weighted by atomic mass is 9.99. The largest absolute Gasteiger partial charge is 0.294 e. The van der Waals surface area contributed by atoms with Crippen LogP contribution in [0.1, 0.15) is 23.2 Å². The third-order valence-electron chi connectivity index (χ3n) is 2.23. The van der Waals surface area contributed by atoms with Gasteiger partial charge in [-0.1, -0.05) is 18.2 Å². The molecule has 2 nitrogen and oxygen atoms in total. The van der Waals surface area contributed by atoms with Crippen LogP contribution in [-0.4, -0.2) is 11.5 Å². The molecule has 0 spiro atoms. The van der Waals surface area contributed by atoms with E-state index in [1.165, 1.54) is 0 Å². The van der Waals surface area contributed by atoms with Gasteiger partial charge >= 0.3 is 0 Å². The lowest BCUT2D eigenvalue weighted by Gasteiger charge is -2.12. The summed E-state index contributed by atoms with van der Waals surface area (Å²) in [5.41, 5.74) is 2.43. The zero-order chi connectivity index (χ0) is 9.97. The monoisotopic (exact) mass is 185 g/mol. The van der Waals surface area contributed by atoms with Gasteiger partial charge in [-0.05, 0) is 12.1 Å². The minimum Gasteiger partial charge on any atom is -0.294 e. The molecule has 0 aromatic heterocycles. The molecule has 1 heterocycles. The van der Waals surface area contributed by atoms with E-state index in [2.05, 4.69) is 11.6 Å². The van der Waals surface area contributed by atoms with Crippen LogP contribution in [-0.2, 0) is 0 Å². The number of fused-ring (bicyclic) bond motifs is 1. The first-order chi connectivity index (χ1) is 6.81. The highest BCUT2D eigenvalue weighted by Gasteiger charge is 2.17. The molecule has 0 bridgehead atoms. The molecule has 1 aromatic rings. The number of para-hydroxylation sites is 1. The Bertz CT molecular complexity index is 418. The Morgan fingerprint density at radius 1 is 1.43 bits per heavy atom. The molecular formula is C12H11NO. The van der Waals surface area contributed by atoms with E-state index in [4.69, 9.17) is 0 Å². The topological polar surface area (TPSA) is 29.4 Å². The number of nitrogens with zero attached hydrogens (tertiary/aromatic N) is 1. The average Bonchev–Trinajstić information content (AvgIpc) is 2.18. The highest BCUT2D eigenvalue weighted by molar-refractivity contribution is 6.15. The number of carbonyl (C=O) groups excluding carboxylic acids is 1. The summed E-state index contributed by atoms with van der Waals surface area (Å²) in [7, 11) is 0. The molecule has 14 heavy (non-hydrogen) atoms. The van der Waals surface area contributed by atoms with Crippen LogP contribution in [0.4, 0.5) is 5.69 Å². The van der Waals surface area contributed by atoms with Crippen molar-refractivity contribution in [2.75, 3.05) is 0 Å². The fourth-order valence-corrected chi connectivity index (χ4v) is 1.58. The van der Waals surface area contributed by atoms with Crippen LogP contribution < -0.4 is 0 Å². The Labute approximate surface area is 83.0 Å². The molecule has 0 N–H and O–H groups in total. The first-order valence-electron chi connectivity index (χ1n) is 4.61. The third kappa shape index (κ3) is 1.51. The van der Waals surface area contributed by atoms with Gasteiger partial charge < -0.3 is 0 Å². The first-order valence-corrected chi connectivity index (χ1v) is 4.61. The number of benzene rings is 1. The molecule has 70 valence electrons. The summed E-state index contributed by atoms with van der Waals surface area (Å²) < 4.78 is 0. The summed E-state index contributed by atoms with van der Waals surface area (Å²) in [5, 5.41) is 0. The Morgan fingerprint density at radius 2 is 2.21 bits per heavy atom. The van der Waals surface area contributed by atoms with Gasteiger partial charge in [0.25, 0.3) is 0 Å². The predicted octanol–water partition coefficient (Wildman–Crippen LogP) is 2.92. The molecule has 2 heteroatoms. The van der Waals surface area contributed by atoms with Gasteiger partial charge in [-0.3, -0.25) is 9.79 Å². The Morgan fingerprint density at radius 3 is 3.00 bits per heavy atom. The molecule has 0 unspecified atom stereocenters. The van der Waals surface area contributed by atoms with Crippen molar-refractivity contribution in [1.29, 1.82) is 0 Å². The van der Waals surface area contributed by atoms with Gasteiger partial charge in [0.05, 0.1) is 5.69 Å². The molecule has 0 atom stereocenters. The maximum Gasteiger partial charge on any atom is 0.170 e. The Kier molecular flexibility index (Phi) is 2.27. The van der Waals surface area contributed by atoms with E-state index in [1.54, 1.807) is 6.08 Å². The molecular weight excluding hydrogens is 174 g/mol. The first kappa shape index (κ1) is 8.88. The lowest BCUT2D eigenvalue weighted by molar-refractivity contribution is 0.0999. The molecule has 0 amide bonds. The Balaban J connectivity index is 2.44. The van der Waals surface area contributed by atoms with Crippen LogP contribution in [0.3, 0.4) is 0 Å². The van der Waals surface area contributed by atoms with Gasteiger partial charge in [0.1, 0.15) is 0 Å². The van der Waals surface area contributed by atoms with Crippen molar-refractivity contribution in [2.45, 2.75) is 12.8 Å². The highest BCUT2D eigenvalue weighted by atomic mass is 16.1. The van der Waals surface area contributed by atoms with Crippen molar-refractivity contribution in [2.24, 2.45) is 4.99 Å². The van der Waals surface area contributed by atoms with Crippen molar-refractivity contribution < 1.29 is 4.79 Å². The van der Waals surface area contributed by atoms with Gasteiger partial charge in [0.15, 0.2) is 5.78 Å². The molecule has 2 rings (SSSR count). The van der Waals surface area contributed by atoms with Crippen molar-refractivity contribution in [3.63, 3.8) is 0 Å². The number of Topliss-reactive ketones (excluding diaryl/α,β-unsaturated/α-hetero) is 1. The van der Waals surface area contributed by atoms with Gasteiger partial charge in [0, 0.05) is 24.1 Å². The summed E-state index contributed by atoms with van der Waals surface area (Å²) in [5.74, 6) is 0.160. The number of allylic oxidation sites excluding steroid dienone is 1. The molecule has 0 saturated heterocycles. The molecule has 0 aliphatic carbocycles. The second-order valence-electron chi connectivity index (χ2n) is 3.29. The minimum atomic E-state index is 0.160. The average molecular weight is 185 g/mol. The van der Waals surface area contributed by atoms with Gasteiger partial charge in [-0.25, -0.2) is 0 Å². The van der Waals surface area contributed by atoms with Gasteiger partial charge in [0.2, 0.25) is 0 Å². The van der Waals surface area contributed by atoms with E-state index in [9.17, 15) is 4.79 Å². The van der Waals surface area contributed by atoms with Crippen LogP contribution in [0, 0.1) is 0 Å². The number of rotatable bonds is 2. The zero-order valence-corrected chi connectivity index (χ0v) is 7.86. The van der Waals surface area contributed by atoms with E-state index in [0.717, 1.165) is 17.0 Å². The van der Waals surface area contributed by atoms with Crippen LogP contribution in [0.15, 0.2) is 41.9 Å². The quantitative estimate of drug-likeness (QED) is 0.651. The van der Waals surface area contributed by atoms with E-state index >= 15 is 0 Å². The number of hydrogen-bond acceptors (Lipinski definition) is 2. The lowest BCUT2D eigenvalue weighted by Crippen LogP contribution is -2.12. The molecule has 1 aliphatic heterocycles. The van der Waals surface area contributed by atoms with E-state index in [-0.39, 0.29) is 5.78 Å². The van der Waals surface area contributed by atoms with Crippen molar-refractivity contribution >= 4 is 17.2 Å². The van der Waals surface area contributed by atoms with Crippen LogP contribution in [0.5, 0.6) is 0 Å². The van der Waals surface area contributed by atoms with Crippen LogP contribution in [0.25, 0.3) is 0 Å². The summed E-state index contributed by atoms with van der Waals surface area (Å²) in [6, 6.07) is 7.46. The summed E-state index contributed by atoms with van der Waals surface area (Å²) in [6.45, 7) is 3.64. The summed E-state index contributed by atoms with van der Waals surface area (Å²) >= 11 is 0. The smallest absolute Gasteiger partial charge is 0.170 e. The van der Waals surface area contributed by atoms with Gasteiger partial charge in [-0.2, -0.15) is 0 Å². The fourth-order valence-electron chi connectivity index (χ4n) is 1.58. The van der Waals surface area contributed by atoms with Gasteiger partial charge in [-0.15, -0.1) is 6.58 Å². The SMILES string of the molecule is C=CCC1=Nc2ccccc2C(=O)C1.